The molecule has 0 saturated heterocycles. The van der Waals surface area contributed by atoms with Crippen LogP contribution in [0.2, 0.25) is 0 Å². The van der Waals surface area contributed by atoms with Crippen LogP contribution in [0.3, 0.4) is 0 Å². The van der Waals surface area contributed by atoms with E-state index in [4.69, 9.17) is 9.15 Å². The lowest BCUT2D eigenvalue weighted by molar-refractivity contribution is 0.0527. The largest absolute Gasteiger partial charge is 0.463 e. The van der Waals surface area contributed by atoms with Gasteiger partial charge < -0.3 is 9.15 Å². The first kappa shape index (κ1) is 13.1. The van der Waals surface area contributed by atoms with Gasteiger partial charge in [-0.05, 0) is 43.9 Å². The minimum Gasteiger partial charge on any atom is -0.463 e. The first-order chi connectivity index (χ1) is 9.79. The van der Waals surface area contributed by atoms with Crippen molar-refractivity contribution in [3.05, 3.63) is 40.2 Å². The highest BCUT2D eigenvalue weighted by Gasteiger charge is 2.27. The van der Waals surface area contributed by atoms with E-state index >= 15 is 0 Å². The third-order valence-electron chi connectivity index (χ3n) is 3.23. The number of esters is 1. The second-order valence-corrected chi connectivity index (χ2v) is 5.62. The average Bonchev–Trinajstić information content (AvgIpc) is 3.13. The van der Waals surface area contributed by atoms with Crippen LogP contribution in [0.4, 0.5) is 5.00 Å². The maximum atomic E-state index is 12.1. The normalized spacial score (nSPS) is 13.8. The van der Waals surface area contributed by atoms with Crippen LogP contribution in [-0.2, 0) is 17.6 Å². The Kier molecular flexibility index (Phi) is 3.69. The molecule has 1 aliphatic rings. The molecule has 2 aromatic rings. The van der Waals surface area contributed by atoms with Crippen molar-refractivity contribution in [3.63, 3.8) is 0 Å². The Bertz CT molecular complexity index is 640. The molecular weight excluding hydrogens is 274 g/mol. The van der Waals surface area contributed by atoms with E-state index < -0.39 is 0 Å². The van der Waals surface area contributed by atoms with Crippen molar-refractivity contribution < 1.29 is 13.9 Å². The Morgan fingerprint density at radius 3 is 3.20 bits per heavy atom. The molecule has 2 heterocycles. The van der Waals surface area contributed by atoms with Crippen LogP contribution in [-0.4, -0.2) is 18.8 Å². The van der Waals surface area contributed by atoms with Crippen LogP contribution in [0, 0.1) is 0 Å². The summed E-state index contributed by atoms with van der Waals surface area (Å²) in [4.78, 5) is 17.8. The number of hydrogen-bond acceptors (Lipinski definition) is 5. The molecule has 0 N–H and O–H groups in total. The molecule has 0 aliphatic heterocycles. The van der Waals surface area contributed by atoms with Crippen molar-refractivity contribution in [2.24, 2.45) is 4.99 Å². The van der Waals surface area contributed by atoms with Gasteiger partial charge >= 0.3 is 5.97 Å². The molecule has 1 aliphatic carbocycles. The number of aryl methyl sites for hydroxylation is 1. The molecule has 5 heteroatoms. The SMILES string of the molecule is CCOC(=O)c1c(N=Cc2ccco2)sc2c1CCC2. The summed E-state index contributed by atoms with van der Waals surface area (Å²) < 4.78 is 10.4. The molecule has 0 saturated carbocycles. The number of rotatable bonds is 4. The standard InChI is InChI=1S/C15H15NO3S/c1-2-18-15(17)13-11-6-3-7-12(11)20-14(13)16-9-10-5-4-8-19-10/h4-5,8-9H,2-3,6-7H2,1H3. The zero-order chi connectivity index (χ0) is 13.9. The summed E-state index contributed by atoms with van der Waals surface area (Å²) in [6, 6.07) is 3.64. The number of furan rings is 1. The Morgan fingerprint density at radius 1 is 1.55 bits per heavy atom. The van der Waals surface area contributed by atoms with Crippen LogP contribution in [0.1, 0.15) is 39.9 Å². The lowest BCUT2D eigenvalue weighted by Gasteiger charge is -2.03. The Hall–Kier alpha value is -1.88. The molecule has 0 unspecified atom stereocenters. The van der Waals surface area contributed by atoms with Gasteiger partial charge in [0.1, 0.15) is 10.8 Å². The topological polar surface area (TPSA) is 51.8 Å². The van der Waals surface area contributed by atoms with Crippen LogP contribution in [0.15, 0.2) is 27.8 Å². The predicted molar refractivity (Wildman–Crippen MR) is 78.3 cm³/mol. The summed E-state index contributed by atoms with van der Waals surface area (Å²) in [6.45, 7) is 2.20. The van der Waals surface area contributed by atoms with E-state index in [1.807, 2.05) is 19.1 Å². The lowest BCUT2D eigenvalue weighted by Crippen LogP contribution is -2.06. The quantitative estimate of drug-likeness (QED) is 0.636. The summed E-state index contributed by atoms with van der Waals surface area (Å²) >= 11 is 1.58. The summed E-state index contributed by atoms with van der Waals surface area (Å²) in [5, 5.41) is 0.726. The van der Waals surface area contributed by atoms with Crippen LogP contribution in [0.5, 0.6) is 0 Å². The van der Waals surface area contributed by atoms with Gasteiger partial charge in [0.05, 0.1) is 24.6 Å². The second kappa shape index (κ2) is 5.63. The maximum Gasteiger partial charge on any atom is 0.341 e. The first-order valence-electron chi connectivity index (χ1n) is 6.69. The number of fused-ring (bicyclic) bond motifs is 1. The van der Waals surface area contributed by atoms with E-state index in [2.05, 4.69) is 4.99 Å². The lowest BCUT2D eigenvalue weighted by atomic mass is 10.1. The van der Waals surface area contributed by atoms with Gasteiger partial charge in [0, 0.05) is 4.88 Å². The molecule has 0 fully saturated rings. The van der Waals surface area contributed by atoms with Gasteiger partial charge in [-0.1, -0.05) is 0 Å². The Morgan fingerprint density at radius 2 is 2.45 bits per heavy atom. The number of aliphatic imine (C=N–C) groups is 1. The van der Waals surface area contributed by atoms with Gasteiger partial charge in [-0.3, -0.25) is 0 Å². The van der Waals surface area contributed by atoms with E-state index in [-0.39, 0.29) is 5.97 Å². The van der Waals surface area contributed by atoms with Crippen molar-refractivity contribution in [1.29, 1.82) is 0 Å². The van der Waals surface area contributed by atoms with Crippen molar-refractivity contribution >= 4 is 28.5 Å². The van der Waals surface area contributed by atoms with E-state index in [0.29, 0.717) is 17.9 Å². The molecule has 0 bridgehead atoms. The summed E-state index contributed by atoms with van der Waals surface area (Å²) in [6.07, 6.45) is 6.32. The van der Waals surface area contributed by atoms with Gasteiger partial charge in [-0.25, -0.2) is 9.79 Å². The van der Waals surface area contributed by atoms with E-state index in [0.717, 1.165) is 29.8 Å². The highest BCUT2D eigenvalue weighted by atomic mass is 32.1. The van der Waals surface area contributed by atoms with Crippen LogP contribution in [0.25, 0.3) is 0 Å². The summed E-state index contributed by atoms with van der Waals surface area (Å²) in [5.74, 6) is 0.409. The van der Waals surface area contributed by atoms with Gasteiger partial charge in [0.15, 0.2) is 0 Å². The number of nitrogens with zero attached hydrogens (tertiary/aromatic N) is 1. The monoisotopic (exact) mass is 289 g/mol. The average molecular weight is 289 g/mol. The Labute approximate surface area is 121 Å². The summed E-state index contributed by atoms with van der Waals surface area (Å²) in [7, 11) is 0. The van der Waals surface area contributed by atoms with Gasteiger partial charge in [-0.15, -0.1) is 11.3 Å². The van der Waals surface area contributed by atoms with Gasteiger partial charge in [-0.2, -0.15) is 0 Å². The number of hydrogen-bond donors (Lipinski definition) is 0. The molecule has 2 aromatic heterocycles. The first-order valence-corrected chi connectivity index (χ1v) is 7.50. The zero-order valence-electron chi connectivity index (χ0n) is 11.2. The van der Waals surface area contributed by atoms with Crippen LogP contribution < -0.4 is 0 Å². The molecule has 104 valence electrons. The molecule has 0 spiro atoms. The van der Waals surface area contributed by atoms with Crippen LogP contribution >= 0.6 is 11.3 Å². The highest BCUT2D eigenvalue weighted by molar-refractivity contribution is 7.16. The second-order valence-electron chi connectivity index (χ2n) is 4.53. The van der Waals surface area contributed by atoms with Gasteiger partial charge in [0.25, 0.3) is 0 Å². The smallest absolute Gasteiger partial charge is 0.341 e. The fraction of sp³-hybridized carbons (Fsp3) is 0.333. The minimum absolute atomic E-state index is 0.265. The number of thiophene rings is 1. The van der Waals surface area contributed by atoms with E-state index in [9.17, 15) is 4.79 Å². The van der Waals surface area contributed by atoms with Crippen molar-refractivity contribution in [2.75, 3.05) is 6.61 Å². The molecule has 0 atom stereocenters. The van der Waals surface area contributed by atoms with E-state index in [1.54, 1.807) is 23.8 Å². The summed E-state index contributed by atoms with van der Waals surface area (Å²) in [5.41, 5.74) is 1.77. The van der Waals surface area contributed by atoms with Gasteiger partial charge in [0.2, 0.25) is 0 Å². The molecule has 0 aromatic carbocycles. The number of carbonyl (C=O) groups excluding carboxylic acids is 1. The maximum absolute atomic E-state index is 12.1. The fourth-order valence-corrected chi connectivity index (χ4v) is 3.60. The molecule has 0 radical (unpaired) electrons. The molecular formula is C15H15NO3S. The third-order valence-corrected chi connectivity index (χ3v) is 4.43. The van der Waals surface area contributed by atoms with E-state index in [1.165, 1.54) is 4.88 Å². The van der Waals surface area contributed by atoms with Crippen molar-refractivity contribution in [1.82, 2.24) is 0 Å². The fourth-order valence-electron chi connectivity index (χ4n) is 2.38. The minimum atomic E-state index is -0.265. The third kappa shape index (κ3) is 2.41. The molecule has 0 amide bonds. The highest BCUT2D eigenvalue weighted by Crippen LogP contribution is 2.41. The molecule has 20 heavy (non-hydrogen) atoms. The predicted octanol–water partition coefficient (Wildman–Crippen LogP) is 3.76. The molecule has 3 rings (SSSR count). The van der Waals surface area contributed by atoms with Crippen molar-refractivity contribution in [3.8, 4) is 0 Å². The zero-order valence-corrected chi connectivity index (χ0v) is 12.0. The number of carbonyl (C=O) groups is 1. The molecule has 4 nitrogen and oxygen atoms in total. The Balaban J connectivity index is 1.96. The number of ether oxygens (including phenoxy) is 1. The van der Waals surface area contributed by atoms with Crippen molar-refractivity contribution in [2.45, 2.75) is 26.2 Å².